The zero-order chi connectivity index (χ0) is 18.7. The fourth-order valence-electron chi connectivity index (χ4n) is 3.52. The van der Waals surface area contributed by atoms with Crippen molar-refractivity contribution in [1.29, 1.82) is 0 Å². The summed E-state index contributed by atoms with van der Waals surface area (Å²) >= 11 is 0. The lowest BCUT2D eigenvalue weighted by atomic mass is 9.72. The van der Waals surface area contributed by atoms with Crippen molar-refractivity contribution in [2.24, 2.45) is 10.5 Å². The maximum Gasteiger partial charge on any atom is 0.335 e. The molecule has 1 unspecified atom stereocenters. The number of amides is 2. The number of allylic oxidation sites excluding steroid dienone is 4. The van der Waals surface area contributed by atoms with Crippen molar-refractivity contribution in [3.8, 4) is 0 Å². The molecule has 0 bridgehead atoms. The van der Waals surface area contributed by atoms with Gasteiger partial charge in [-0.15, -0.1) is 0 Å². The van der Waals surface area contributed by atoms with Crippen LogP contribution in [0, 0.1) is 5.41 Å². The molecule has 1 fully saturated rings. The highest BCUT2D eigenvalue weighted by molar-refractivity contribution is 7.91. The third-order valence-electron chi connectivity index (χ3n) is 4.94. The van der Waals surface area contributed by atoms with E-state index in [1.807, 2.05) is 13.0 Å². The van der Waals surface area contributed by atoms with Gasteiger partial charge in [0.1, 0.15) is 0 Å². The van der Waals surface area contributed by atoms with Crippen molar-refractivity contribution in [2.75, 3.05) is 11.5 Å². The molecule has 1 aliphatic carbocycles. The van der Waals surface area contributed by atoms with Gasteiger partial charge in [-0.2, -0.15) is 5.10 Å². The van der Waals surface area contributed by atoms with Crippen molar-refractivity contribution >= 4 is 21.6 Å². The van der Waals surface area contributed by atoms with Crippen LogP contribution in [0.25, 0.3) is 0 Å². The second kappa shape index (κ2) is 7.72. The lowest BCUT2D eigenvalue weighted by Gasteiger charge is -2.32. The van der Waals surface area contributed by atoms with Gasteiger partial charge >= 0.3 is 6.03 Å². The number of hydrazone groups is 1. The first-order chi connectivity index (χ1) is 11.6. The number of urea groups is 1. The predicted octanol–water partition coefficient (Wildman–Crippen LogP) is 2.93. The summed E-state index contributed by atoms with van der Waals surface area (Å²) in [5.74, 6) is 0.138. The van der Waals surface area contributed by atoms with Gasteiger partial charge < -0.3 is 5.32 Å². The van der Waals surface area contributed by atoms with Crippen LogP contribution in [0.5, 0.6) is 0 Å². The maximum atomic E-state index is 11.8. The Hall–Kier alpha value is -1.63. The van der Waals surface area contributed by atoms with Crippen molar-refractivity contribution in [3.05, 3.63) is 23.3 Å². The molecule has 0 radical (unpaired) electrons. The molecule has 140 valence electrons. The fourth-order valence-corrected chi connectivity index (χ4v) is 5.19. The van der Waals surface area contributed by atoms with Crippen LogP contribution in [0.1, 0.15) is 53.4 Å². The van der Waals surface area contributed by atoms with Gasteiger partial charge in [0.25, 0.3) is 0 Å². The van der Waals surface area contributed by atoms with Crippen molar-refractivity contribution in [1.82, 2.24) is 10.7 Å². The van der Waals surface area contributed by atoms with E-state index in [9.17, 15) is 13.2 Å². The molecule has 2 N–H and O–H groups in total. The minimum Gasteiger partial charge on any atom is -0.333 e. The predicted molar refractivity (Wildman–Crippen MR) is 101 cm³/mol. The molecule has 7 heteroatoms. The first-order valence-electron chi connectivity index (χ1n) is 8.78. The Morgan fingerprint density at radius 2 is 2.08 bits per heavy atom. The van der Waals surface area contributed by atoms with Crippen LogP contribution in [0.4, 0.5) is 4.79 Å². The minimum absolute atomic E-state index is 0.00549. The largest absolute Gasteiger partial charge is 0.335 e. The molecule has 0 spiro atoms. The summed E-state index contributed by atoms with van der Waals surface area (Å²) in [6.07, 6.45) is 7.99. The number of sulfone groups is 1. The first kappa shape index (κ1) is 19.7. The van der Waals surface area contributed by atoms with Gasteiger partial charge in [0, 0.05) is 6.04 Å². The zero-order valence-corrected chi connectivity index (χ0v) is 16.4. The van der Waals surface area contributed by atoms with Gasteiger partial charge in [-0.3, -0.25) is 0 Å². The fraction of sp³-hybridized carbons (Fsp3) is 0.667. The third-order valence-corrected chi connectivity index (χ3v) is 6.70. The van der Waals surface area contributed by atoms with Crippen molar-refractivity contribution in [2.45, 2.75) is 59.4 Å². The Morgan fingerprint density at radius 1 is 1.36 bits per heavy atom. The molecule has 0 aromatic heterocycles. The van der Waals surface area contributed by atoms with Crippen LogP contribution in [0.2, 0.25) is 0 Å². The van der Waals surface area contributed by atoms with E-state index in [0.717, 1.165) is 6.42 Å². The number of hydrogen-bond donors (Lipinski definition) is 2. The molecule has 2 rings (SSSR count). The van der Waals surface area contributed by atoms with Gasteiger partial charge in [0.15, 0.2) is 9.84 Å². The standard InChI is InChI=1S/C18H29N3O3S/c1-13-6-5-10-18(3,4)16(13)8-7-14(2)20-21-17(22)19-15-9-11-25(23,24)12-15/h7-8,15H,5-6,9-12H2,1-4H3,(H2,19,21,22). The van der Waals surface area contributed by atoms with Gasteiger partial charge in [-0.05, 0) is 56.6 Å². The molecule has 1 saturated heterocycles. The van der Waals surface area contributed by atoms with E-state index < -0.39 is 15.9 Å². The summed E-state index contributed by atoms with van der Waals surface area (Å²) in [4.78, 5) is 11.8. The number of carbonyl (C=O) groups excluding carboxylic acids is 1. The van der Waals surface area contributed by atoms with Crippen molar-refractivity contribution < 1.29 is 13.2 Å². The van der Waals surface area contributed by atoms with E-state index in [4.69, 9.17) is 0 Å². The van der Waals surface area contributed by atoms with Gasteiger partial charge in [-0.1, -0.05) is 25.5 Å². The van der Waals surface area contributed by atoms with Crippen LogP contribution in [-0.4, -0.2) is 37.7 Å². The molecule has 1 aliphatic heterocycles. The molecule has 2 aliphatic rings. The van der Waals surface area contributed by atoms with Crippen LogP contribution >= 0.6 is 0 Å². The van der Waals surface area contributed by atoms with Crippen LogP contribution in [-0.2, 0) is 9.84 Å². The second-order valence-corrected chi connectivity index (χ2v) is 9.93. The van der Waals surface area contributed by atoms with Gasteiger partial charge in [-0.25, -0.2) is 18.6 Å². The minimum atomic E-state index is -3.00. The molecule has 0 aromatic carbocycles. The summed E-state index contributed by atoms with van der Waals surface area (Å²) in [7, 11) is -3.00. The molecule has 1 heterocycles. The van der Waals surface area contributed by atoms with E-state index in [0.29, 0.717) is 12.1 Å². The van der Waals surface area contributed by atoms with Gasteiger partial charge in [0.2, 0.25) is 0 Å². The zero-order valence-electron chi connectivity index (χ0n) is 15.6. The lowest BCUT2D eigenvalue weighted by Crippen LogP contribution is -2.41. The van der Waals surface area contributed by atoms with E-state index >= 15 is 0 Å². The Balaban J connectivity index is 1.90. The summed E-state index contributed by atoms with van der Waals surface area (Å²) in [6.45, 7) is 8.50. The SMILES string of the molecule is CC(C=CC1=C(C)CCCC1(C)C)=NNC(=O)NC1CCS(=O)(=O)C1. The Bertz CT molecular complexity index is 718. The third kappa shape index (κ3) is 5.70. The molecule has 0 saturated carbocycles. The molecule has 6 nitrogen and oxygen atoms in total. The Labute approximate surface area is 150 Å². The van der Waals surface area contributed by atoms with Crippen LogP contribution < -0.4 is 10.7 Å². The molecule has 1 atom stereocenters. The van der Waals surface area contributed by atoms with Crippen LogP contribution in [0.15, 0.2) is 28.4 Å². The molecular weight excluding hydrogens is 338 g/mol. The van der Waals surface area contributed by atoms with E-state index in [1.54, 1.807) is 0 Å². The average molecular weight is 368 g/mol. The first-order valence-corrected chi connectivity index (χ1v) is 10.6. The lowest BCUT2D eigenvalue weighted by molar-refractivity contribution is 0.238. The summed E-state index contributed by atoms with van der Waals surface area (Å²) < 4.78 is 22.8. The molecule has 25 heavy (non-hydrogen) atoms. The summed E-state index contributed by atoms with van der Waals surface area (Å²) in [6, 6.07) is -0.796. The Morgan fingerprint density at radius 3 is 2.68 bits per heavy atom. The maximum absolute atomic E-state index is 11.8. The number of carbonyl (C=O) groups is 1. The topological polar surface area (TPSA) is 87.6 Å². The van der Waals surface area contributed by atoms with E-state index in [1.165, 1.54) is 24.0 Å². The highest BCUT2D eigenvalue weighted by Crippen LogP contribution is 2.40. The highest BCUT2D eigenvalue weighted by atomic mass is 32.2. The molecule has 0 aromatic rings. The molecule has 2 amide bonds. The van der Waals surface area contributed by atoms with Crippen molar-refractivity contribution in [3.63, 3.8) is 0 Å². The second-order valence-electron chi connectivity index (χ2n) is 7.70. The quantitative estimate of drug-likeness (QED) is 0.591. The number of nitrogens with one attached hydrogen (secondary N) is 2. The number of nitrogens with zero attached hydrogens (tertiary/aromatic N) is 1. The highest BCUT2D eigenvalue weighted by Gasteiger charge is 2.29. The number of hydrogen-bond acceptors (Lipinski definition) is 4. The summed E-state index contributed by atoms with van der Waals surface area (Å²) in [5, 5.41) is 6.70. The molecular formula is C18H29N3O3S. The normalized spacial score (nSPS) is 26.1. The summed E-state index contributed by atoms with van der Waals surface area (Å²) in [5.41, 5.74) is 6.04. The number of rotatable bonds is 4. The van der Waals surface area contributed by atoms with Crippen LogP contribution in [0.3, 0.4) is 0 Å². The Kier molecular flexibility index (Phi) is 6.08. The monoisotopic (exact) mass is 367 g/mol. The van der Waals surface area contributed by atoms with E-state index in [-0.39, 0.29) is 23.0 Å². The smallest absolute Gasteiger partial charge is 0.333 e. The van der Waals surface area contributed by atoms with Gasteiger partial charge in [0.05, 0.1) is 17.2 Å². The van der Waals surface area contributed by atoms with E-state index in [2.05, 4.69) is 42.7 Å². The average Bonchev–Trinajstić information content (AvgIpc) is 2.82.